The highest BCUT2D eigenvalue weighted by atomic mass is 16.5. The lowest BCUT2D eigenvalue weighted by Gasteiger charge is -2.30. The molecule has 0 spiro atoms. The van der Waals surface area contributed by atoms with Crippen molar-refractivity contribution >= 4 is 5.91 Å². The molecule has 0 aliphatic carbocycles. The van der Waals surface area contributed by atoms with Gasteiger partial charge in [0, 0.05) is 25.1 Å². The summed E-state index contributed by atoms with van der Waals surface area (Å²) in [5.41, 5.74) is 1.80. The van der Waals surface area contributed by atoms with Crippen LogP contribution in [0.4, 0.5) is 0 Å². The Balaban J connectivity index is 1.76. The van der Waals surface area contributed by atoms with Crippen molar-refractivity contribution in [1.82, 2.24) is 10.6 Å². The number of hydrogen-bond donors (Lipinski definition) is 2. The summed E-state index contributed by atoms with van der Waals surface area (Å²) >= 11 is 0. The normalized spacial score (nSPS) is 19.2. The van der Waals surface area contributed by atoms with Gasteiger partial charge in [0.05, 0.1) is 18.8 Å². The average molecular weight is 368 g/mol. The highest BCUT2D eigenvalue weighted by molar-refractivity contribution is 5.80. The maximum absolute atomic E-state index is 11.9. The zero-order valence-electron chi connectivity index (χ0n) is 16.2. The third kappa shape index (κ3) is 4.42. The number of amides is 1. The van der Waals surface area contributed by atoms with Crippen molar-refractivity contribution in [3.05, 3.63) is 59.7 Å². The number of rotatable bonds is 8. The van der Waals surface area contributed by atoms with E-state index in [0.29, 0.717) is 19.5 Å². The highest BCUT2D eigenvalue weighted by Crippen LogP contribution is 2.33. The van der Waals surface area contributed by atoms with Crippen LogP contribution in [0, 0.1) is 0 Å². The van der Waals surface area contributed by atoms with Gasteiger partial charge in [0.1, 0.15) is 0 Å². The molecule has 1 heterocycles. The minimum atomic E-state index is -0.365. The number of carbonyl (C=O) groups is 1. The number of methoxy groups -OCH3 is 1. The molecule has 2 N–H and O–H groups in total. The Hall–Kier alpha value is -2.53. The quantitative estimate of drug-likeness (QED) is 0.750. The van der Waals surface area contributed by atoms with E-state index in [1.54, 1.807) is 7.11 Å². The Labute approximate surface area is 161 Å². The lowest BCUT2D eigenvalue weighted by atomic mass is 9.88. The topological polar surface area (TPSA) is 59.6 Å². The molecule has 27 heavy (non-hydrogen) atoms. The number of hydrogen-bond acceptors (Lipinski definition) is 4. The predicted molar refractivity (Wildman–Crippen MR) is 106 cm³/mol. The third-order valence-electron chi connectivity index (χ3n) is 4.86. The zero-order valence-corrected chi connectivity index (χ0v) is 16.2. The second kappa shape index (κ2) is 8.44. The van der Waals surface area contributed by atoms with E-state index >= 15 is 0 Å². The Morgan fingerprint density at radius 3 is 2.56 bits per heavy atom. The monoisotopic (exact) mass is 368 g/mol. The highest BCUT2D eigenvalue weighted by Gasteiger charge is 2.38. The number of ether oxygens (including phenoxy) is 2. The zero-order chi connectivity index (χ0) is 19.3. The summed E-state index contributed by atoms with van der Waals surface area (Å²) in [5, 5.41) is 6.70. The molecule has 5 nitrogen and oxygen atoms in total. The van der Waals surface area contributed by atoms with Crippen LogP contribution in [0.25, 0.3) is 0 Å². The summed E-state index contributed by atoms with van der Waals surface area (Å²) in [6, 6.07) is 16.1. The van der Waals surface area contributed by atoms with Crippen molar-refractivity contribution in [3.8, 4) is 11.5 Å². The fourth-order valence-corrected chi connectivity index (χ4v) is 3.57. The fraction of sp³-hybridized carbons (Fsp3) is 0.409. The van der Waals surface area contributed by atoms with Crippen molar-refractivity contribution in [2.45, 2.75) is 44.9 Å². The van der Waals surface area contributed by atoms with Gasteiger partial charge in [-0.05, 0) is 31.9 Å². The SMILES string of the molecule is COc1cccc(CNCC2(c3ccccc3)CCC(=O)N2)c1OC(C)C. The van der Waals surface area contributed by atoms with Gasteiger partial charge in [-0.1, -0.05) is 42.5 Å². The first-order chi connectivity index (χ1) is 13.0. The maximum Gasteiger partial charge on any atom is 0.220 e. The van der Waals surface area contributed by atoms with Crippen LogP contribution in [0.3, 0.4) is 0 Å². The van der Waals surface area contributed by atoms with E-state index in [9.17, 15) is 4.79 Å². The van der Waals surface area contributed by atoms with Crippen LogP contribution in [0.5, 0.6) is 11.5 Å². The van der Waals surface area contributed by atoms with Crippen LogP contribution in [-0.4, -0.2) is 25.7 Å². The molecule has 144 valence electrons. The van der Waals surface area contributed by atoms with E-state index in [4.69, 9.17) is 9.47 Å². The molecule has 0 bridgehead atoms. The van der Waals surface area contributed by atoms with Crippen LogP contribution in [0.15, 0.2) is 48.5 Å². The minimum Gasteiger partial charge on any atom is -0.493 e. The Morgan fingerprint density at radius 2 is 1.93 bits per heavy atom. The van der Waals surface area contributed by atoms with Gasteiger partial charge in [0.2, 0.25) is 5.91 Å². The minimum absolute atomic E-state index is 0.0600. The van der Waals surface area contributed by atoms with Crippen molar-refractivity contribution in [2.75, 3.05) is 13.7 Å². The van der Waals surface area contributed by atoms with E-state index in [2.05, 4.69) is 22.8 Å². The largest absolute Gasteiger partial charge is 0.493 e. The number of benzene rings is 2. The molecule has 0 radical (unpaired) electrons. The van der Waals surface area contributed by atoms with Gasteiger partial charge in [-0.25, -0.2) is 0 Å². The molecule has 1 unspecified atom stereocenters. The number of para-hydroxylation sites is 1. The lowest BCUT2D eigenvalue weighted by molar-refractivity contribution is -0.119. The average Bonchev–Trinajstić information content (AvgIpc) is 3.05. The van der Waals surface area contributed by atoms with E-state index in [1.165, 1.54) is 0 Å². The molecule has 2 aromatic rings. The molecule has 1 saturated heterocycles. The van der Waals surface area contributed by atoms with Gasteiger partial charge in [0.25, 0.3) is 0 Å². The van der Waals surface area contributed by atoms with Crippen LogP contribution < -0.4 is 20.1 Å². The summed E-state index contributed by atoms with van der Waals surface area (Å²) < 4.78 is 11.4. The molecule has 1 aliphatic rings. The Kier molecular flexibility index (Phi) is 6.01. The van der Waals surface area contributed by atoms with Crippen molar-refractivity contribution < 1.29 is 14.3 Å². The van der Waals surface area contributed by atoms with Crippen molar-refractivity contribution in [1.29, 1.82) is 0 Å². The summed E-state index contributed by atoms with van der Waals surface area (Å²) in [4.78, 5) is 11.9. The summed E-state index contributed by atoms with van der Waals surface area (Å²) in [6.45, 7) is 5.29. The molecule has 3 rings (SSSR count). The second-order valence-electron chi connectivity index (χ2n) is 7.21. The van der Waals surface area contributed by atoms with Gasteiger partial charge < -0.3 is 20.1 Å². The molecule has 2 aromatic carbocycles. The van der Waals surface area contributed by atoms with E-state index < -0.39 is 0 Å². The van der Waals surface area contributed by atoms with Crippen molar-refractivity contribution in [2.24, 2.45) is 0 Å². The Morgan fingerprint density at radius 1 is 1.15 bits per heavy atom. The van der Waals surface area contributed by atoms with Gasteiger partial charge in [-0.2, -0.15) is 0 Å². The first kappa shape index (κ1) is 19.2. The molecule has 1 amide bonds. The van der Waals surface area contributed by atoms with Crippen LogP contribution in [-0.2, 0) is 16.9 Å². The van der Waals surface area contributed by atoms with E-state index in [0.717, 1.165) is 29.0 Å². The molecular formula is C22H28N2O3. The van der Waals surface area contributed by atoms with Gasteiger partial charge in [-0.15, -0.1) is 0 Å². The summed E-state index contributed by atoms with van der Waals surface area (Å²) in [6.07, 6.45) is 1.40. The van der Waals surface area contributed by atoms with Crippen LogP contribution in [0.2, 0.25) is 0 Å². The predicted octanol–water partition coefficient (Wildman–Crippen LogP) is 3.38. The molecule has 0 aromatic heterocycles. The van der Waals surface area contributed by atoms with Crippen molar-refractivity contribution in [3.63, 3.8) is 0 Å². The van der Waals surface area contributed by atoms with Crippen LogP contribution in [0.1, 0.15) is 37.8 Å². The second-order valence-corrected chi connectivity index (χ2v) is 7.21. The summed E-state index contributed by atoms with van der Waals surface area (Å²) in [5.74, 6) is 1.60. The first-order valence-corrected chi connectivity index (χ1v) is 9.44. The van der Waals surface area contributed by atoms with E-state index in [1.807, 2.05) is 50.2 Å². The molecule has 1 fully saturated rings. The Bertz CT molecular complexity index is 776. The standard InChI is InChI=1S/C22H28N2O3/c1-16(2)27-21-17(8-7-11-19(21)26-3)14-23-15-22(13-12-20(25)24-22)18-9-5-4-6-10-18/h4-11,16,23H,12-15H2,1-3H3,(H,24,25). The molecule has 1 aliphatic heterocycles. The molecule has 1 atom stereocenters. The fourth-order valence-electron chi connectivity index (χ4n) is 3.57. The number of carbonyl (C=O) groups excluding carboxylic acids is 1. The van der Waals surface area contributed by atoms with Gasteiger partial charge in [-0.3, -0.25) is 4.79 Å². The van der Waals surface area contributed by atoms with E-state index in [-0.39, 0.29) is 17.6 Å². The molecule has 0 saturated carbocycles. The van der Waals surface area contributed by atoms with Crippen LogP contribution >= 0.6 is 0 Å². The maximum atomic E-state index is 11.9. The lowest BCUT2D eigenvalue weighted by Crippen LogP contribution is -2.46. The number of nitrogens with one attached hydrogen (secondary N) is 2. The smallest absolute Gasteiger partial charge is 0.220 e. The van der Waals surface area contributed by atoms with Gasteiger partial charge in [0.15, 0.2) is 11.5 Å². The summed E-state index contributed by atoms with van der Waals surface area (Å²) in [7, 11) is 1.65. The first-order valence-electron chi connectivity index (χ1n) is 9.44. The molecular weight excluding hydrogens is 340 g/mol. The third-order valence-corrected chi connectivity index (χ3v) is 4.86. The van der Waals surface area contributed by atoms with Gasteiger partial charge >= 0.3 is 0 Å². The molecule has 5 heteroatoms.